The van der Waals surface area contributed by atoms with Crippen molar-refractivity contribution < 1.29 is 0 Å². The molecule has 0 fully saturated rings. The van der Waals surface area contributed by atoms with Crippen LogP contribution >= 0.6 is 11.3 Å². The molecule has 1 aromatic rings. The zero-order valence-corrected chi connectivity index (χ0v) is 6.95. The summed E-state index contributed by atoms with van der Waals surface area (Å²) in [6.07, 6.45) is 2.09. The van der Waals surface area contributed by atoms with Gasteiger partial charge in [-0.2, -0.15) is 0 Å². The molecule has 0 saturated carbocycles. The zero-order chi connectivity index (χ0) is 7.40. The van der Waals surface area contributed by atoms with Gasteiger partial charge in [0.25, 0.3) is 0 Å². The first-order valence-corrected chi connectivity index (χ1v) is 4.32. The van der Waals surface area contributed by atoms with Gasteiger partial charge in [-0.3, -0.25) is 0 Å². The minimum Gasteiger partial charge on any atom is -0.330 e. The summed E-state index contributed by atoms with van der Waals surface area (Å²) in [6, 6.07) is 0. The number of rotatable bonds is 3. The minimum atomic E-state index is 0.763. The summed E-state index contributed by atoms with van der Waals surface area (Å²) in [6.45, 7) is 2.78. The fourth-order valence-corrected chi connectivity index (χ4v) is 1.59. The maximum Gasteiger partial charge on any atom is 0.0928 e. The first-order chi connectivity index (χ1) is 4.83. The Morgan fingerprint density at radius 3 is 3.00 bits per heavy atom. The molecule has 3 heteroatoms. The molecule has 1 heterocycles. The number of hydrogen-bond acceptors (Lipinski definition) is 3. The Morgan fingerprint density at radius 2 is 2.50 bits per heavy atom. The van der Waals surface area contributed by atoms with E-state index in [1.165, 1.54) is 5.01 Å². The van der Waals surface area contributed by atoms with E-state index in [9.17, 15) is 0 Å². The van der Waals surface area contributed by atoms with Crippen molar-refractivity contribution in [2.45, 2.75) is 19.8 Å². The second kappa shape index (κ2) is 3.68. The molecule has 0 unspecified atom stereocenters. The zero-order valence-electron chi connectivity index (χ0n) is 6.13. The van der Waals surface area contributed by atoms with E-state index in [0.29, 0.717) is 0 Å². The van der Waals surface area contributed by atoms with Gasteiger partial charge in [-0.25, -0.2) is 4.98 Å². The van der Waals surface area contributed by atoms with Gasteiger partial charge in [-0.1, -0.05) is 0 Å². The lowest BCUT2D eigenvalue weighted by Crippen LogP contribution is -1.99. The third kappa shape index (κ3) is 2.08. The molecule has 0 spiro atoms. The first kappa shape index (κ1) is 7.69. The van der Waals surface area contributed by atoms with Crippen LogP contribution in [0.1, 0.15) is 17.1 Å². The molecule has 1 rings (SSSR count). The van der Waals surface area contributed by atoms with Crippen molar-refractivity contribution in [2.24, 2.45) is 5.73 Å². The summed E-state index contributed by atoms with van der Waals surface area (Å²) in [7, 11) is 0. The normalized spacial score (nSPS) is 10.2. The second-order valence-corrected chi connectivity index (χ2v) is 3.22. The highest BCUT2D eigenvalue weighted by Crippen LogP contribution is 2.09. The maximum absolute atomic E-state index is 5.36. The smallest absolute Gasteiger partial charge is 0.0928 e. The van der Waals surface area contributed by atoms with Crippen molar-refractivity contribution in [2.75, 3.05) is 6.54 Å². The van der Waals surface area contributed by atoms with Crippen LogP contribution in [0.4, 0.5) is 0 Å². The largest absolute Gasteiger partial charge is 0.330 e. The van der Waals surface area contributed by atoms with Gasteiger partial charge in [0.1, 0.15) is 0 Å². The molecule has 0 aliphatic heterocycles. The Kier molecular flexibility index (Phi) is 2.83. The summed E-state index contributed by atoms with van der Waals surface area (Å²) < 4.78 is 0. The lowest BCUT2D eigenvalue weighted by atomic mass is 10.3. The molecule has 0 aliphatic carbocycles. The summed E-state index contributed by atoms with van der Waals surface area (Å²) in [4.78, 5) is 4.31. The van der Waals surface area contributed by atoms with E-state index in [4.69, 9.17) is 5.73 Å². The van der Waals surface area contributed by atoms with Gasteiger partial charge < -0.3 is 5.73 Å². The van der Waals surface area contributed by atoms with Gasteiger partial charge in [-0.05, 0) is 19.9 Å². The molecule has 2 N–H and O–H groups in total. The molecule has 56 valence electrons. The fourth-order valence-electron chi connectivity index (χ4n) is 0.771. The van der Waals surface area contributed by atoms with Crippen molar-refractivity contribution in [1.82, 2.24) is 4.98 Å². The van der Waals surface area contributed by atoms with Crippen LogP contribution in [0.2, 0.25) is 0 Å². The van der Waals surface area contributed by atoms with Crippen molar-refractivity contribution in [3.63, 3.8) is 0 Å². The van der Waals surface area contributed by atoms with Crippen molar-refractivity contribution >= 4 is 11.3 Å². The van der Waals surface area contributed by atoms with Crippen LogP contribution < -0.4 is 5.73 Å². The maximum atomic E-state index is 5.36. The van der Waals surface area contributed by atoms with Crippen LogP contribution in [0.15, 0.2) is 5.38 Å². The van der Waals surface area contributed by atoms with Gasteiger partial charge in [0.15, 0.2) is 0 Å². The van der Waals surface area contributed by atoms with Crippen LogP contribution in [0.5, 0.6) is 0 Å². The van der Waals surface area contributed by atoms with Crippen molar-refractivity contribution in [3.05, 3.63) is 16.1 Å². The Hall–Kier alpha value is -0.410. The van der Waals surface area contributed by atoms with Gasteiger partial charge in [0.05, 0.1) is 5.01 Å². The molecular formula is C7H12N2S. The van der Waals surface area contributed by atoms with E-state index in [1.54, 1.807) is 11.3 Å². The average molecular weight is 156 g/mol. The molecule has 1 aromatic heterocycles. The Bertz CT molecular complexity index is 195. The third-order valence-electron chi connectivity index (χ3n) is 1.26. The van der Waals surface area contributed by atoms with Crippen LogP contribution in [0.25, 0.3) is 0 Å². The van der Waals surface area contributed by atoms with Crippen molar-refractivity contribution in [3.8, 4) is 0 Å². The Balaban J connectivity index is 2.42. The van der Waals surface area contributed by atoms with Crippen molar-refractivity contribution in [1.29, 1.82) is 0 Å². The third-order valence-corrected chi connectivity index (χ3v) is 2.29. The van der Waals surface area contributed by atoms with E-state index >= 15 is 0 Å². The number of hydrogen-bond donors (Lipinski definition) is 1. The van der Waals surface area contributed by atoms with Gasteiger partial charge in [0, 0.05) is 17.5 Å². The molecule has 0 radical (unpaired) electrons. The van der Waals surface area contributed by atoms with Gasteiger partial charge >= 0.3 is 0 Å². The van der Waals surface area contributed by atoms with Crippen LogP contribution in [-0.2, 0) is 6.42 Å². The molecule has 0 atom stereocenters. The first-order valence-electron chi connectivity index (χ1n) is 3.44. The number of thiazole rings is 1. The Labute approximate surface area is 65.1 Å². The summed E-state index contributed by atoms with van der Waals surface area (Å²) in [5.74, 6) is 0. The van der Waals surface area contributed by atoms with E-state index in [0.717, 1.165) is 25.1 Å². The topological polar surface area (TPSA) is 38.9 Å². The molecule has 10 heavy (non-hydrogen) atoms. The highest BCUT2D eigenvalue weighted by atomic mass is 32.1. The number of nitrogens with zero attached hydrogens (tertiary/aromatic N) is 1. The predicted molar refractivity (Wildman–Crippen MR) is 44.2 cm³/mol. The van der Waals surface area contributed by atoms with Crippen LogP contribution in [0, 0.1) is 6.92 Å². The average Bonchev–Trinajstić information content (AvgIpc) is 2.31. The number of nitrogens with two attached hydrogens (primary N) is 1. The summed E-state index contributed by atoms with van der Waals surface area (Å²) >= 11 is 1.72. The molecule has 2 nitrogen and oxygen atoms in total. The minimum absolute atomic E-state index is 0.763. The van der Waals surface area contributed by atoms with Gasteiger partial charge in [-0.15, -0.1) is 11.3 Å². The Morgan fingerprint density at radius 1 is 1.70 bits per heavy atom. The van der Waals surface area contributed by atoms with Crippen LogP contribution in [-0.4, -0.2) is 11.5 Å². The van der Waals surface area contributed by atoms with E-state index in [2.05, 4.69) is 10.4 Å². The van der Waals surface area contributed by atoms with E-state index in [-0.39, 0.29) is 0 Å². The SMILES string of the molecule is Cc1csc(CCCN)n1. The molecule has 0 bridgehead atoms. The molecule has 0 saturated heterocycles. The molecule has 0 amide bonds. The number of aromatic nitrogens is 1. The van der Waals surface area contributed by atoms with Gasteiger partial charge in [0.2, 0.25) is 0 Å². The van der Waals surface area contributed by atoms with E-state index in [1.807, 2.05) is 6.92 Å². The van der Waals surface area contributed by atoms with Crippen LogP contribution in [0.3, 0.4) is 0 Å². The highest BCUT2D eigenvalue weighted by molar-refractivity contribution is 7.09. The van der Waals surface area contributed by atoms with E-state index < -0.39 is 0 Å². The predicted octanol–water partition coefficient (Wildman–Crippen LogP) is 1.34. The molecule has 0 aromatic carbocycles. The molecule has 0 aliphatic rings. The fraction of sp³-hybridized carbons (Fsp3) is 0.571. The second-order valence-electron chi connectivity index (χ2n) is 2.27. The quantitative estimate of drug-likeness (QED) is 0.717. The monoisotopic (exact) mass is 156 g/mol. The standard InChI is InChI=1S/C7H12N2S/c1-6-5-10-7(9-6)3-2-4-8/h5H,2-4,8H2,1H3. The highest BCUT2D eigenvalue weighted by Gasteiger charge is 1.95. The summed E-state index contributed by atoms with van der Waals surface area (Å²) in [5.41, 5.74) is 6.48. The summed E-state index contributed by atoms with van der Waals surface area (Å²) in [5, 5.41) is 3.29. The lowest BCUT2D eigenvalue weighted by molar-refractivity contribution is 0.823. The number of aryl methyl sites for hydroxylation is 2. The lowest BCUT2D eigenvalue weighted by Gasteiger charge is -1.90. The molecular weight excluding hydrogens is 144 g/mol.